The molecule has 2 aromatic rings. The summed E-state index contributed by atoms with van der Waals surface area (Å²) in [5.74, 6) is 2.06. The summed E-state index contributed by atoms with van der Waals surface area (Å²) in [6.45, 7) is 2.96. The Bertz CT molecular complexity index is 522. The molecule has 0 radical (unpaired) electrons. The van der Waals surface area contributed by atoms with Crippen LogP contribution in [0.15, 0.2) is 22.7 Å². The Labute approximate surface area is 103 Å². The van der Waals surface area contributed by atoms with E-state index in [1.807, 2.05) is 11.8 Å². The molecule has 1 aromatic carbocycles. The molecule has 0 bridgehead atoms. The van der Waals surface area contributed by atoms with Gasteiger partial charge in [0.1, 0.15) is 11.5 Å². The van der Waals surface area contributed by atoms with Crippen LogP contribution in [0.25, 0.3) is 11.0 Å². The predicted octanol–water partition coefficient (Wildman–Crippen LogP) is 2.52. The van der Waals surface area contributed by atoms with Crippen LogP contribution in [0.4, 0.5) is 4.39 Å². The van der Waals surface area contributed by atoms with Gasteiger partial charge in [0.25, 0.3) is 0 Å². The molecule has 2 heterocycles. The summed E-state index contributed by atoms with van der Waals surface area (Å²) in [5.41, 5.74) is 1.44. The lowest BCUT2D eigenvalue weighted by Gasteiger charge is -2.24. The summed E-state index contributed by atoms with van der Waals surface area (Å²) >= 11 is 1.98. The van der Waals surface area contributed by atoms with Gasteiger partial charge in [-0.3, -0.25) is 4.90 Å². The molecule has 0 atom stereocenters. The van der Waals surface area contributed by atoms with Gasteiger partial charge in [0, 0.05) is 42.6 Å². The Hall–Kier alpha value is -1.07. The van der Waals surface area contributed by atoms with E-state index in [2.05, 4.69) is 10.1 Å². The smallest absolute Gasteiger partial charge is 0.170 e. The molecular formula is C12H13FN2OS. The molecule has 0 saturated carbocycles. The monoisotopic (exact) mass is 252 g/mol. The van der Waals surface area contributed by atoms with Crippen LogP contribution >= 0.6 is 11.8 Å². The van der Waals surface area contributed by atoms with E-state index in [1.54, 1.807) is 6.07 Å². The molecule has 0 amide bonds. The fourth-order valence-electron chi connectivity index (χ4n) is 2.05. The standard InChI is InChI=1S/C12H13FN2OS/c13-9-1-2-10-11(14-16-12(10)7-9)8-15-3-5-17-6-4-15/h1-2,7H,3-6,8H2. The van der Waals surface area contributed by atoms with Crippen LogP contribution in [0.5, 0.6) is 0 Å². The van der Waals surface area contributed by atoms with Crippen LogP contribution in [-0.2, 0) is 6.54 Å². The average molecular weight is 252 g/mol. The second-order valence-electron chi connectivity index (χ2n) is 4.16. The SMILES string of the molecule is Fc1ccc2c(CN3CCSCC3)noc2c1. The highest BCUT2D eigenvalue weighted by atomic mass is 32.2. The van der Waals surface area contributed by atoms with E-state index >= 15 is 0 Å². The number of nitrogens with zero attached hydrogens (tertiary/aromatic N) is 2. The third kappa shape index (κ3) is 2.30. The zero-order valence-electron chi connectivity index (χ0n) is 9.36. The minimum absolute atomic E-state index is 0.283. The fraction of sp³-hybridized carbons (Fsp3) is 0.417. The average Bonchev–Trinajstić information content (AvgIpc) is 2.73. The minimum Gasteiger partial charge on any atom is -0.356 e. The topological polar surface area (TPSA) is 29.3 Å². The van der Waals surface area contributed by atoms with E-state index in [1.165, 1.54) is 23.6 Å². The Morgan fingerprint density at radius 2 is 2.18 bits per heavy atom. The number of hydrogen-bond donors (Lipinski definition) is 0. The first kappa shape index (κ1) is 11.0. The van der Waals surface area contributed by atoms with E-state index in [4.69, 9.17) is 4.52 Å². The van der Waals surface area contributed by atoms with Crippen molar-refractivity contribution in [1.82, 2.24) is 10.1 Å². The maximum absolute atomic E-state index is 13.0. The first-order valence-electron chi connectivity index (χ1n) is 5.67. The van der Waals surface area contributed by atoms with Gasteiger partial charge < -0.3 is 4.52 Å². The molecule has 0 aliphatic carbocycles. The van der Waals surface area contributed by atoms with Gasteiger partial charge in [-0.05, 0) is 12.1 Å². The summed E-state index contributed by atoms with van der Waals surface area (Å²) in [6.07, 6.45) is 0. The minimum atomic E-state index is -0.283. The molecule has 17 heavy (non-hydrogen) atoms. The Morgan fingerprint density at radius 3 is 3.00 bits per heavy atom. The summed E-state index contributed by atoms with van der Waals surface area (Å²) in [4.78, 5) is 2.36. The summed E-state index contributed by atoms with van der Waals surface area (Å²) in [6, 6.07) is 4.59. The van der Waals surface area contributed by atoms with E-state index in [-0.39, 0.29) is 5.82 Å². The molecule has 3 nitrogen and oxygen atoms in total. The van der Waals surface area contributed by atoms with Gasteiger partial charge in [-0.2, -0.15) is 11.8 Å². The van der Waals surface area contributed by atoms with Gasteiger partial charge in [-0.15, -0.1) is 0 Å². The lowest BCUT2D eigenvalue weighted by atomic mass is 10.2. The predicted molar refractivity (Wildman–Crippen MR) is 66.6 cm³/mol. The van der Waals surface area contributed by atoms with Crippen molar-refractivity contribution in [3.63, 3.8) is 0 Å². The Balaban J connectivity index is 1.84. The fourth-order valence-corrected chi connectivity index (χ4v) is 3.03. The number of benzene rings is 1. The normalized spacial score (nSPS) is 17.7. The van der Waals surface area contributed by atoms with Crippen molar-refractivity contribution in [1.29, 1.82) is 0 Å². The number of fused-ring (bicyclic) bond motifs is 1. The second kappa shape index (κ2) is 4.66. The van der Waals surface area contributed by atoms with Crippen LogP contribution in [-0.4, -0.2) is 34.7 Å². The number of rotatable bonds is 2. The Kier molecular flexibility index (Phi) is 3.03. The third-order valence-electron chi connectivity index (χ3n) is 2.99. The van der Waals surface area contributed by atoms with Crippen LogP contribution in [0, 0.1) is 5.82 Å². The summed E-state index contributed by atoms with van der Waals surface area (Å²) < 4.78 is 18.2. The van der Waals surface area contributed by atoms with Gasteiger partial charge >= 0.3 is 0 Å². The lowest BCUT2D eigenvalue weighted by Crippen LogP contribution is -2.32. The molecule has 90 valence electrons. The van der Waals surface area contributed by atoms with Crippen molar-refractivity contribution in [2.75, 3.05) is 24.6 Å². The van der Waals surface area contributed by atoms with Gasteiger partial charge in [0.05, 0.1) is 0 Å². The zero-order valence-corrected chi connectivity index (χ0v) is 10.2. The van der Waals surface area contributed by atoms with Crippen molar-refractivity contribution in [3.05, 3.63) is 29.7 Å². The summed E-state index contributed by atoms with van der Waals surface area (Å²) in [5, 5.41) is 4.96. The summed E-state index contributed by atoms with van der Waals surface area (Å²) in [7, 11) is 0. The lowest BCUT2D eigenvalue weighted by molar-refractivity contribution is 0.284. The molecule has 3 rings (SSSR count). The van der Waals surface area contributed by atoms with E-state index in [0.717, 1.165) is 30.7 Å². The van der Waals surface area contributed by atoms with E-state index < -0.39 is 0 Å². The molecule has 1 fully saturated rings. The third-order valence-corrected chi connectivity index (χ3v) is 3.93. The van der Waals surface area contributed by atoms with Crippen molar-refractivity contribution >= 4 is 22.7 Å². The number of thioether (sulfide) groups is 1. The van der Waals surface area contributed by atoms with Gasteiger partial charge in [-0.1, -0.05) is 5.16 Å². The second-order valence-corrected chi connectivity index (χ2v) is 5.38. The van der Waals surface area contributed by atoms with Crippen LogP contribution in [0.3, 0.4) is 0 Å². The van der Waals surface area contributed by atoms with E-state index in [9.17, 15) is 4.39 Å². The molecule has 1 aliphatic rings. The highest BCUT2D eigenvalue weighted by Gasteiger charge is 2.15. The highest BCUT2D eigenvalue weighted by molar-refractivity contribution is 7.99. The molecule has 0 unspecified atom stereocenters. The van der Waals surface area contributed by atoms with Crippen molar-refractivity contribution < 1.29 is 8.91 Å². The van der Waals surface area contributed by atoms with Crippen LogP contribution in [0.1, 0.15) is 5.69 Å². The number of halogens is 1. The molecule has 1 aromatic heterocycles. The van der Waals surface area contributed by atoms with Gasteiger partial charge in [-0.25, -0.2) is 4.39 Å². The molecule has 0 spiro atoms. The first-order valence-corrected chi connectivity index (χ1v) is 6.82. The number of aromatic nitrogens is 1. The number of hydrogen-bond acceptors (Lipinski definition) is 4. The van der Waals surface area contributed by atoms with Gasteiger partial charge in [0.15, 0.2) is 5.58 Å². The van der Waals surface area contributed by atoms with E-state index in [0.29, 0.717) is 5.58 Å². The molecular weight excluding hydrogens is 239 g/mol. The van der Waals surface area contributed by atoms with Gasteiger partial charge in [0.2, 0.25) is 0 Å². The maximum atomic E-state index is 13.0. The van der Waals surface area contributed by atoms with Crippen molar-refractivity contribution in [2.45, 2.75) is 6.54 Å². The quantitative estimate of drug-likeness (QED) is 0.821. The van der Waals surface area contributed by atoms with Crippen molar-refractivity contribution in [3.8, 4) is 0 Å². The first-order chi connectivity index (χ1) is 8.33. The van der Waals surface area contributed by atoms with Crippen molar-refractivity contribution in [2.24, 2.45) is 0 Å². The molecule has 0 N–H and O–H groups in total. The maximum Gasteiger partial charge on any atom is 0.170 e. The highest BCUT2D eigenvalue weighted by Crippen LogP contribution is 2.21. The Morgan fingerprint density at radius 1 is 1.35 bits per heavy atom. The molecule has 1 aliphatic heterocycles. The van der Waals surface area contributed by atoms with Crippen LogP contribution < -0.4 is 0 Å². The zero-order chi connectivity index (χ0) is 11.7. The largest absolute Gasteiger partial charge is 0.356 e. The molecule has 5 heteroatoms. The van der Waals surface area contributed by atoms with Crippen LogP contribution in [0.2, 0.25) is 0 Å². The molecule has 1 saturated heterocycles.